The molecular formula is C13H15F3O2. The molecule has 1 atom stereocenters. The van der Waals surface area contributed by atoms with E-state index in [0.29, 0.717) is 5.56 Å². The van der Waals surface area contributed by atoms with Gasteiger partial charge in [0.25, 0.3) is 0 Å². The SMILES string of the molecule is CCCC(C)C(=O)c1ccc(OC(F)(F)F)cc1. The summed E-state index contributed by atoms with van der Waals surface area (Å²) in [6.07, 6.45) is -3.05. The molecule has 0 bridgehead atoms. The van der Waals surface area contributed by atoms with Gasteiger partial charge in [0.2, 0.25) is 0 Å². The molecule has 1 rings (SSSR count). The van der Waals surface area contributed by atoms with Gasteiger partial charge in [0, 0.05) is 11.5 Å². The Kier molecular flexibility index (Phi) is 4.76. The zero-order valence-corrected chi connectivity index (χ0v) is 10.3. The minimum absolute atomic E-state index is 0.0598. The lowest BCUT2D eigenvalue weighted by molar-refractivity contribution is -0.274. The number of carbonyl (C=O) groups is 1. The van der Waals surface area contributed by atoms with Crippen molar-refractivity contribution in [1.29, 1.82) is 0 Å². The molecule has 0 aromatic heterocycles. The van der Waals surface area contributed by atoms with Gasteiger partial charge in [-0.15, -0.1) is 13.2 Å². The molecule has 0 fully saturated rings. The maximum Gasteiger partial charge on any atom is 0.573 e. The van der Waals surface area contributed by atoms with Crippen LogP contribution in [0.15, 0.2) is 24.3 Å². The molecule has 0 saturated heterocycles. The summed E-state index contributed by atoms with van der Waals surface area (Å²) in [6, 6.07) is 5.02. The summed E-state index contributed by atoms with van der Waals surface area (Å²) in [6.45, 7) is 3.79. The van der Waals surface area contributed by atoms with Crippen LogP contribution >= 0.6 is 0 Å². The lowest BCUT2D eigenvalue weighted by Crippen LogP contribution is -2.17. The molecule has 2 nitrogen and oxygen atoms in total. The molecule has 1 unspecified atom stereocenters. The Balaban J connectivity index is 2.74. The van der Waals surface area contributed by atoms with Crippen molar-refractivity contribution in [3.63, 3.8) is 0 Å². The predicted molar refractivity (Wildman–Crippen MR) is 61.5 cm³/mol. The van der Waals surface area contributed by atoms with Gasteiger partial charge in [0.1, 0.15) is 5.75 Å². The monoisotopic (exact) mass is 260 g/mol. The number of carbonyl (C=O) groups excluding carboxylic acids is 1. The van der Waals surface area contributed by atoms with Crippen LogP contribution in [0.5, 0.6) is 5.75 Å². The van der Waals surface area contributed by atoms with Crippen LogP contribution in [0.3, 0.4) is 0 Å². The molecular weight excluding hydrogens is 245 g/mol. The lowest BCUT2D eigenvalue weighted by Gasteiger charge is -2.11. The Bertz CT molecular complexity index is 396. The Labute approximate surface area is 104 Å². The highest BCUT2D eigenvalue weighted by atomic mass is 19.4. The van der Waals surface area contributed by atoms with E-state index in [4.69, 9.17) is 0 Å². The number of alkyl halides is 3. The zero-order chi connectivity index (χ0) is 13.8. The summed E-state index contributed by atoms with van der Waals surface area (Å²) in [7, 11) is 0. The highest BCUT2D eigenvalue weighted by Crippen LogP contribution is 2.23. The lowest BCUT2D eigenvalue weighted by atomic mass is 9.95. The third-order valence-electron chi connectivity index (χ3n) is 2.54. The van der Waals surface area contributed by atoms with Crippen LogP contribution in [0.1, 0.15) is 37.0 Å². The van der Waals surface area contributed by atoms with Gasteiger partial charge in [-0.05, 0) is 30.7 Å². The molecule has 0 amide bonds. The Morgan fingerprint density at radius 1 is 1.28 bits per heavy atom. The van der Waals surface area contributed by atoms with Crippen LogP contribution in [-0.2, 0) is 0 Å². The summed E-state index contributed by atoms with van der Waals surface area (Å²) in [4.78, 5) is 11.9. The van der Waals surface area contributed by atoms with E-state index in [-0.39, 0.29) is 17.5 Å². The fraction of sp³-hybridized carbons (Fsp3) is 0.462. The fourth-order valence-corrected chi connectivity index (χ4v) is 1.67. The standard InChI is InChI=1S/C13H15F3O2/c1-3-4-9(2)12(17)10-5-7-11(8-6-10)18-13(14,15)16/h5-9H,3-4H2,1-2H3. The second kappa shape index (κ2) is 5.89. The van der Waals surface area contributed by atoms with Gasteiger partial charge in [-0.2, -0.15) is 0 Å². The zero-order valence-electron chi connectivity index (χ0n) is 10.3. The molecule has 0 spiro atoms. The van der Waals surface area contributed by atoms with Gasteiger partial charge >= 0.3 is 6.36 Å². The van der Waals surface area contributed by atoms with E-state index in [0.717, 1.165) is 25.0 Å². The molecule has 1 aromatic carbocycles. The van der Waals surface area contributed by atoms with Crippen molar-refractivity contribution in [2.45, 2.75) is 33.1 Å². The van der Waals surface area contributed by atoms with Gasteiger partial charge in [-0.25, -0.2) is 0 Å². The number of ketones is 1. The predicted octanol–water partition coefficient (Wildman–Crippen LogP) is 4.20. The summed E-state index contributed by atoms with van der Waals surface area (Å²) >= 11 is 0. The van der Waals surface area contributed by atoms with Gasteiger partial charge in [0.15, 0.2) is 5.78 Å². The van der Waals surface area contributed by atoms with Crippen LogP contribution in [0, 0.1) is 5.92 Å². The molecule has 0 aliphatic rings. The molecule has 0 aliphatic heterocycles. The smallest absolute Gasteiger partial charge is 0.406 e. The van der Waals surface area contributed by atoms with Crippen molar-refractivity contribution in [2.24, 2.45) is 5.92 Å². The van der Waals surface area contributed by atoms with Gasteiger partial charge in [0.05, 0.1) is 0 Å². The van der Waals surface area contributed by atoms with E-state index in [1.54, 1.807) is 0 Å². The highest BCUT2D eigenvalue weighted by Gasteiger charge is 2.31. The summed E-state index contributed by atoms with van der Waals surface area (Å²) < 4.78 is 39.6. The molecule has 5 heteroatoms. The molecule has 0 N–H and O–H groups in total. The van der Waals surface area contributed by atoms with Crippen LogP contribution in [0.25, 0.3) is 0 Å². The average molecular weight is 260 g/mol. The van der Waals surface area contributed by atoms with E-state index in [9.17, 15) is 18.0 Å². The number of hydrogen-bond donors (Lipinski definition) is 0. The molecule has 100 valence electrons. The van der Waals surface area contributed by atoms with Crippen molar-refractivity contribution in [3.05, 3.63) is 29.8 Å². The van der Waals surface area contributed by atoms with E-state index < -0.39 is 6.36 Å². The highest BCUT2D eigenvalue weighted by molar-refractivity contribution is 5.97. The van der Waals surface area contributed by atoms with Crippen LogP contribution in [0.4, 0.5) is 13.2 Å². The van der Waals surface area contributed by atoms with Crippen LogP contribution in [0.2, 0.25) is 0 Å². The van der Waals surface area contributed by atoms with Gasteiger partial charge < -0.3 is 4.74 Å². The number of benzene rings is 1. The van der Waals surface area contributed by atoms with Crippen molar-refractivity contribution >= 4 is 5.78 Å². The largest absolute Gasteiger partial charge is 0.573 e. The molecule has 0 heterocycles. The average Bonchev–Trinajstić information content (AvgIpc) is 2.27. The minimum Gasteiger partial charge on any atom is -0.406 e. The van der Waals surface area contributed by atoms with Crippen LogP contribution < -0.4 is 4.74 Å². The maximum atomic E-state index is 11.9. The molecule has 18 heavy (non-hydrogen) atoms. The van der Waals surface area contributed by atoms with E-state index in [1.807, 2.05) is 13.8 Å². The van der Waals surface area contributed by atoms with Gasteiger partial charge in [-0.1, -0.05) is 20.3 Å². The van der Waals surface area contributed by atoms with Crippen molar-refractivity contribution in [1.82, 2.24) is 0 Å². The first-order valence-corrected chi connectivity index (χ1v) is 5.73. The van der Waals surface area contributed by atoms with E-state index in [1.165, 1.54) is 12.1 Å². The van der Waals surface area contributed by atoms with Crippen molar-refractivity contribution < 1.29 is 22.7 Å². The first-order chi connectivity index (χ1) is 8.33. The number of halogens is 3. The quantitative estimate of drug-likeness (QED) is 0.741. The summed E-state index contributed by atoms with van der Waals surface area (Å²) in [5.41, 5.74) is 0.408. The molecule has 1 aromatic rings. The summed E-state index contributed by atoms with van der Waals surface area (Å²) in [5.74, 6) is -0.498. The number of Topliss-reactive ketones (excluding diaryl/α,β-unsaturated/α-hetero) is 1. The Morgan fingerprint density at radius 3 is 2.28 bits per heavy atom. The van der Waals surface area contributed by atoms with Crippen LogP contribution in [-0.4, -0.2) is 12.1 Å². The van der Waals surface area contributed by atoms with E-state index in [2.05, 4.69) is 4.74 Å². The first kappa shape index (κ1) is 14.5. The molecule has 0 saturated carbocycles. The normalized spacial score (nSPS) is 13.2. The topological polar surface area (TPSA) is 26.3 Å². The summed E-state index contributed by atoms with van der Waals surface area (Å²) in [5, 5.41) is 0. The number of ether oxygens (including phenoxy) is 1. The third-order valence-corrected chi connectivity index (χ3v) is 2.54. The molecule has 0 radical (unpaired) electrons. The third kappa shape index (κ3) is 4.39. The van der Waals surface area contributed by atoms with Gasteiger partial charge in [-0.3, -0.25) is 4.79 Å². The number of hydrogen-bond acceptors (Lipinski definition) is 2. The second-order valence-electron chi connectivity index (χ2n) is 4.13. The Morgan fingerprint density at radius 2 is 1.83 bits per heavy atom. The minimum atomic E-state index is -4.71. The second-order valence-corrected chi connectivity index (χ2v) is 4.13. The number of rotatable bonds is 5. The van der Waals surface area contributed by atoms with Crippen molar-refractivity contribution in [3.8, 4) is 5.75 Å². The fourth-order valence-electron chi connectivity index (χ4n) is 1.67. The van der Waals surface area contributed by atoms with Crippen molar-refractivity contribution in [2.75, 3.05) is 0 Å². The Hall–Kier alpha value is -1.52. The maximum absolute atomic E-state index is 11.9. The van der Waals surface area contributed by atoms with E-state index >= 15 is 0 Å². The molecule has 0 aliphatic carbocycles. The first-order valence-electron chi connectivity index (χ1n) is 5.73.